The van der Waals surface area contributed by atoms with Crippen molar-refractivity contribution < 1.29 is 10.2 Å². The van der Waals surface area contributed by atoms with Crippen LogP contribution in [0.5, 0.6) is 5.75 Å². The lowest BCUT2D eigenvalue weighted by molar-refractivity contribution is 0.283. The molecule has 0 spiro atoms. The number of fused-ring (bicyclic) bond motifs is 1. The van der Waals surface area contributed by atoms with Crippen molar-refractivity contribution in [2.75, 3.05) is 0 Å². The standard InChI is InChI=1S/C10H9BrO2S/c11-4-9-3-6-1-8(13)2-7(5-12)10(6)14-9/h1-3,12-13H,4-5H2. The molecule has 0 saturated carbocycles. The molecule has 0 fully saturated rings. The smallest absolute Gasteiger partial charge is 0.116 e. The van der Waals surface area contributed by atoms with Crippen LogP contribution in [0.1, 0.15) is 10.4 Å². The molecule has 2 N–H and O–H groups in total. The molecule has 14 heavy (non-hydrogen) atoms. The van der Waals surface area contributed by atoms with E-state index < -0.39 is 0 Å². The number of benzene rings is 1. The van der Waals surface area contributed by atoms with E-state index in [2.05, 4.69) is 15.9 Å². The Hall–Kier alpha value is -0.580. The highest BCUT2D eigenvalue weighted by Gasteiger charge is 2.07. The van der Waals surface area contributed by atoms with Crippen LogP contribution in [0.15, 0.2) is 18.2 Å². The van der Waals surface area contributed by atoms with E-state index in [4.69, 9.17) is 5.11 Å². The lowest BCUT2D eigenvalue weighted by atomic mass is 10.1. The third kappa shape index (κ3) is 1.65. The molecule has 4 heteroatoms. The molecule has 2 nitrogen and oxygen atoms in total. The van der Waals surface area contributed by atoms with Crippen molar-refractivity contribution in [2.24, 2.45) is 0 Å². The molecule has 0 saturated heterocycles. The van der Waals surface area contributed by atoms with E-state index in [0.29, 0.717) is 0 Å². The van der Waals surface area contributed by atoms with Gasteiger partial charge in [0.2, 0.25) is 0 Å². The van der Waals surface area contributed by atoms with Crippen molar-refractivity contribution in [3.8, 4) is 5.75 Å². The molecule has 0 bridgehead atoms. The summed E-state index contributed by atoms with van der Waals surface area (Å²) in [6, 6.07) is 5.35. The van der Waals surface area contributed by atoms with Crippen LogP contribution >= 0.6 is 27.3 Å². The number of aromatic hydroxyl groups is 1. The van der Waals surface area contributed by atoms with Crippen LogP contribution in [0.25, 0.3) is 10.1 Å². The van der Waals surface area contributed by atoms with Crippen molar-refractivity contribution in [2.45, 2.75) is 11.9 Å². The highest BCUT2D eigenvalue weighted by atomic mass is 79.9. The van der Waals surface area contributed by atoms with Gasteiger partial charge in [0.15, 0.2) is 0 Å². The van der Waals surface area contributed by atoms with Gasteiger partial charge in [0, 0.05) is 14.9 Å². The maximum absolute atomic E-state index is 9.41. The molecule has 2 rings (SSSR count). The second-order valence-electron chi connectivity index (χ2n) is 3.03. The summed E-state index contributed by atoms with van der Waals surface area (Å²) >= 11 is 5.03. The molecule has 0 amide bonds. The summed E-state index contributed by atoms with van der Waals surface area (Å²) in [5.74, 6) is 0.209. The van der Waals surface area contributed by atoms with Crippen LogP contribution < -0.4 is 0 Å². The molecular formula is C10H9BrO2S. The summed E-state index contributed by atoms with van der Waals surface area (Å²) in [6.07, 6.45) is 0. The van der Waals surface area contributed by atoms with Gasteiger partial charge in [-0.25, -0.2) is 0 Å². The van der Waals surface area contributed by atoms with Gasteiger partial charge in [-0.2, -0.15) is 0 Å². The van der Waals surface area contributed by atoms with E-state index in [1.165, 1.54) is 4.88 Å². The number of halogens is 1. The molecule has 2 aromatic rings. The van der Waals surface area contributed by atoms with Gasteiger partial charge in [-0.15, -0.1) is 11.3 Å². The van der Waals surface area contributed by atoms with Gasteiger partial charge in [-0.3, -0.25) is 0 Å². The fourth-order valence-electron chi connectivity index (χ4n) is 1.44. The second kappa shape index (κ2) is 3.88. The zero-order chi connectivity index (χ0) is 10.1. The van der Waals surface area contributed by atoms with Crippen molar-refractivity contribution in [3.63, 3.8) is 0 Å². The Balaban J connectivity index is 2.71. The van der Waals surface area contributed by atoms with Crippen LogP contribution in [-0.4, -0.2) is 10.2 Å². The maximum atomic E-state index is 9.41. The summed E-state index contributed by atoms with van der Waals surface area (Å²) in [4.78, 5) is 1.19. The monoisotopic (exact) mass is 272 g/mol. The van der Waals surface area contributed by atoms with Crippen LogP contribution in [-0.2, 0) is 11.9 Å². The van der Waals surface area contributed by atoms with E-state index in [-0.39, 0.29) is 12.4 Å². The number of rotatable bonds is 2. The van der Waals surface area contributed by atoms with E-state index in [9.17, 15) is 5.11 Å². The normalized spacial score (nSPS) is 11.0. The first-order valence-corrected chi connectivity index (χ1v) is 6.09. The van der Waals surface area contributed by atoms with Crippen molar-refractivity contribution in [3.05, 3.63) is 28.6 Å². The van der Waals surface area contributed by atoms with Gasteiger partial charge in [0.05, 0.1) is 6.61 Å². The number of phenolic OH excluding ortho intramolecular Hbond substituents is 1. The summed E-state index contributed by atoms with van der Waals surface area (Å²) in [5.41, 5.74) is 0.789. The van der Waals surface area contributed by atoms with Gasteiger partial charge >= 0.3 is 0 Å². The summed E-state index contributed by atoms with van der Waals surface area (Å²) in [6.45, 7) is -0.0346. The van der Waals surface area contributed by atoms with Crippen LogP contribution in [0.3, 0.4) is 0 Å². The number of alkyl halides is 1. The average molecular weight is 273 g/mol. The lowest BCUT2D eigenvalue weighted by Gasteiger charge is -1.99. The lowest BCUT2D eigenvalue weighted by Crippen LogP contribution is -1.81. The molecule has 1 aromatic carbocycles. The molecule has 1 aromatic heterocycles. The zero-order valence-electron chi connectivity index (χ0n) is 7.33. The van der Waals surface area contributed by atoms with Crippen LogP contribution in [0.4, 0.5) is 0 Å². The average Bonchev–Trinajstić information content (AvgIpc) is 2.59. The predicted octanol–water partition coefficient (Wildman–Crippen LogP) is 2.99. The summed E-state index contributed by atoms with van der Waals surface area (Å²) < 4.78 is 1.06. The Labute approximate surface area is 93.9 Å². The summed E-state index contributed by atoms with van der Waals surface area (Å²) in [5, 5.41) is 20.3. The number of aliphatic hydroxyl groups is 1. The topological polar surface area (TPSA) is 40.5 Å². The molecule has 0 radical (unpaired) electrons. The Kier molecular flexibility index (Phi) is 2.76. The van der Waals surface area contributed by atoms with Crippen LogP contribution in [0, 0.1) is 0 Å². The van der Waals surface area contributed by atoms with Crippen molar-refractivity contribution in [1.29, 1.82) is 0 Å². The third-order valence-corrected chi connectivity index (χ3v) is 4.23. The number of aliphatic hydroxyl groups excluding tert-OH is 1. The Morgan fingerprint density at radius 1 is 1.29 bits per heavy atom. The fraction of sp³-hybridized carbons (Fsp3) is 0.200. The highest BCUT2D eigenvalue weighted by Crippen LogP contribution is 2.33. The Morgan fingerprint density at radius 2 is 2.07 bits per heavy atom. The van der Waals surface area contributed by atoms with Gasteiger partial charge in [0.25, 0.3) is 0 Å². The van der Waals surface area contributed by atoms with Gasteiger partial charge in [-0.1, -0.05) is 15.9 Å². The SMILES string of the molecule is OCc1cc(O)cc2cc(CBr)sc12. The number of hydrogen-bond donors (Lipinski definition) is 2. The Morgan fingerprint density at radius 3 is 2.71 bits per heavy atom. The zero-order valence-corrected chi connectivity index (χ0v) is 9.73. The fourth-order valence-corrected chi connectivity index (χ4v) is 2.94. The van der Waals surface area contributed by atoms with Gasteiger partial charge in [0.1, 0.15) is 5.75 Å². The predicted molar refractivity (Wildman–Crippen MR) is 62.0 cm³/mol. The van der Waals surface area contributed by atoms with Crippen molar-refractivity contribution >= 4 is 37.4 Å². The number of thiophene rings is 1. The van der Waals surface area contributed by atoms with Gasteiger partial charge < -0.3 is 10.2 Å². The molecule has 0 unspecified atom stereocenters. The molecule has 0 aliphatic rings. The second-order valence-corrected chi connectivity index (χ2v) is 4.73. The summed E-state index contributed by atoms with van der Waals surface area (Å²) in [7, 11) is 0. The Bertz CT molecular complexity index is 464. The van der Waals surface area contributed by atoms with E-state index >= 15 is 0 Å². The van der Waals surface area contributed by atoms with E-state index in [0.717, 1.165) is 21.0 Å². The highest BCUT2D eigenvalue weighted by molar-refractivity contribution is 9.08. The minimum absolute atomic E-state index is 0.0346. The quantitative estimate of drug-likeness (QED) is 0.826. The number of hydrogen-bond acceptors (Lipinski definition) is 3. The number of phenols is 1. The largest absolute Gasteiger partial charge is 0.508 e. The first-order valence-electron chi connectivity index (χ1n) is 4.15. The molecule has 0 aliphatic heterocycles. The first-order chi connectivity index (χ1) is 6.74. The van der Waals surface area contributed by atoms with Crippen molar-refractivity contribution in [1.82, 2.24) is 0 Å². The van der Waals surface area contributed by atoms with Gasteiger partial charge in [-0.05, 0) is 29.1 Å². The minimum Gasteiger partial charge on any atom is -0.508 e. The molecular weight excluding hydrogens is 264 g/mol. The van der Waals surface area contributed by atoms with Crippen LogP contribution in [0.2, 0.25) is 0 Å². The molecule has 0 aliphatic carbocycles. The first kappa shape index (κ1) is 9.96. The molecule has 0 atom stereocenters. The minimum atomic E-state index is -0.0346. The molecule has 74 valence electrons. The maximum Gasteiger partial charge on any atom is 0.116 e. The van der Waals surface area contributed by atoms with E-state index in [1.807, 2.05) is 6.07 Å². The third-order valence-electron chi connectivity index (χ3n) is 2.03. The van der Waals surface area contributed by atoms with E-state index in [1.54, 1.807) is 23.5 Å². The molecule has 1 heterocycles.